The largest absolute Gasteiger partial charge is 0.494 e. The molecule has 0 radical (unpaired) electrons. The summed E-state index contributed by atoms with van der Waals surface area (Å²) >= 11 is 0. The standard InChI is InChI=1S/C44H57N5O7/c1-29-14-20-35-25-32(29)27-45-39(51)36(21-15-30-11-8-7-9-12-30)47-40(52)37(26-38(50)49-23-10-13-31(28-49)22-24-55-35)48-41(53)44(5,6)33-16-18-34(19-17-33)46-42(54)56-43(2,3)4/h7-9,11-12,14,16-20,25,31,36-37H,10,13,15,21-24,26-28H2,1-6H3,(H,45,51)(H,46,54)(H,47,52)(H,48,53)/t31?,36-,37-/m0/s1. The molecule has 1 saturated heterocycles. The number of amides is 5. The second kappa shape index (κ2) is 18.5. The number of carbonyl (C=O) groups excluding carboxylic acids is 5. The Hall–Kier alpha value is -5.39. The SMILES string of the molecule is Cc1ccc2cc1CNC(=O)[C@H](CCc1ccccc1)NC(=O)[C@@H](NC(=O)C(C)(C)c1ccc(NC(=O)OC(C)(C)C)cc1)CC(=O)N1CCCC(CCO2)C1. The van der Waals surface area contributed by atoms with Crippen LogP contribution in [0, 0.1) is 12.8 Å². The smallest absolute Gasteiger partial charge is 0.412 e. The van der Waals surface area contributed by atoms with Gasteiger partial charge in [-0.2, -0.15) is 0 Å². The summed E-state index contributed by atoms with van der Waals surface area (Å²) in [4.78, 5) is 70.3. The number of ether oxygens (including phenoxy) is 2. The zero-order chi connectivity index (χ0) is 40.5. The van der Waals surface area contributed by atoms with Crippen LogP contribution in [0.3, 0.4) is 0 Å². The number of piperidine rings is 1. The molecule has 2 aliphatic heterocycles. The van der Waals surface area contributed by atoms with Gasteiger partial charge in [-0.05, 0) is 126 Å². The Balaban J connectivity index is 1.40. The summed E-state index contributed by atoms with van der Waals surface area (Å²) in [6, 6.07) is 20.1. The van der Waals surface area contributed by atoms with E-state index in [-0.39, 0.29) is 30.7 Å². The molecule has 0 spiro atoms. The van der Waals surface area contributed by atoms with Crippen molar-refractivity contribution in [1.82, 2.24) is 20.9 Å². The summed E-state index contributed by atoms with van der Waals surface area (Å²) in [5.74, 6) is -0.776. The summed E-state index contributed by atoms with van der Waals surface area (Å²) < 4.78 is 11.5. The fourth-order valence-corrected chi connectivity index (χ4v) is 6.98. The van der Waals surface area contributed by atoms with Crippen LogP contribution < -0.4 is 26.0 Å². The first-order chi connectivity index (χ1) is 26.6. The van der Waals surface area contributed by atoms with Gasteiger partial charge in [0.25, 0.3) is 0 Å². The number of benzene rings is 3. The van der Waals surface area contributed by atoms with Crippen LogP contribution in [0.2, 0.25) is 0 Å². The first kappa shape index (κ1) is 41.8. The Morgan fingerprint density at radius 1 is 0.929 bits per heavy atom. The topological polar surface area (TPSA) is 155 Å². The third-order valence-corrected chi connectivity index (χ3v) is 10.5. The molecule has 5 rings (SSSR count). The van der Waals surface area contributed by atoms with Gasteiger partial charge in [0.15, 0.2) is 0 Å². The molecule has 1 unspecified atom stereocenters. The van der Waals surface area contributed by atoms with E-state index in [1.165, 1.54) is 0 Å². The zero-order valence-corrected chi connectivity index (χ0v) is 33.5. The van der Waals surface area contributed by atoms with Gasteiger partial charge in [0.2, 0.25) is 23.6 Å². The predicted octanol–water partition coefficient (Wildman–Crippen LogP) is 5.95. The van der Waals surface area contributed by atoms with Gasteiger partial charge < -0.3 is 30.3 Å². The lowest BCUT2D eigenvalue weighted by atomic mass is 9.83. The Morgan fingerprint density at radius 3 is 2.38 bits per heavy atom. The van der Waals surface area contributed by atoms with Gasteiger partial charge in [0.05, 0.1) is 18.4 Å². The Labute approximate surface area is 330 Å². The van der Waals surface area contributed by atoms with Crippen molar-refractivity contribution in [2.75, 3.05) is 25.0 Å². The molecule has 12 nitrogen and oxygen atoms in total. The van der Waals surface area contributed by atoms with Crippen LogP contribution in [-0.2, 0) is 42.3 Å². The van der Waals surface area contributed by atoms with Crippen molar-refractivity contribution in [3.05, 3.63) is 95.1 Å². The third kappa shape index (κ3) is 11.8. The number of hydrogen-bond donors (Lipinski definition) is 4. The van der Waals surface area contributed by atoms with Gasteiger partial charge in [-0.15, -0.1) is 0 Å². The van der Waals surface area contributed by atoms with Gasteiger partial charge >= 0.3 is 6.09 Å². The molecule has 0 aromatic heterocycles. The molecule has 5 amide bonds. The number of nitrogens with one attached hydrogen (secondary N) is 4. The van der Waals surface area contributed by atoms with Gasteiger partial charge in [-0.1, -0.05) is 48.5 Å². The van der Waals surface area contributed by atoms with E-state index in [0.29, 0.717) is 49.5 Å². The Bertz CT molecular complexity index is 1860. The highest BCUT2D eigenvalue weighted by Crippen LogP contribution is 2.27. The minimum absolute atomic E-state index is 0.228. The first-order valence-corrected chi connectivity index (χ1v) is 19.6. The molecule has 2 heterocycles. The molecule has 3 atom stereocenters. The molecule has 4 bridgehead atoms. The second-order valence-corrected chi connectivity index (χ2v) is 16.4. The monoisotopic (exact) mass is 767 g/mol. The van der Waals surface area contributed by atoms with E-state index in [4.69, 9.17) is 9.47 Å². The van der Waals surface area contributed by atoms with E-state index in [0.717, 1.165) is 36.0 Å². The van der Waals surface area contributed by atoms with Crippen molar-refractivity contribution in [1.29, 1.82) is 0 Å². The zero-order valence-electron chi connectivity index (χ0n) is 33.5. The van der Waals surface area contributed by atoms with Crippen molar-refractivity contribution < 1.29 is 33.4 Å². The van der Waals surface area contributed by atoms with Crippen LogP contribution in [-0.4, -0.2) is 72.0 Å². The summed E-state index contributed by atoms with van der Waals surface area (Å²) in [5, 5.41) is 11.5. The van der Waals surface area contributed by atoms with E-state index in [2.05, 4.69) is 21.3 Å². The van der Waals surface area contributed by atoms with Crippen LogP contribution in [0.4, 0.5) is 10.5 Å². The Kier molecular flexibility index (Phi) is 13.8. The molecule has 3 aromatic rings. The summed E-state index contributed by atoms with van der Waals surface area (Å²) in [7, 11) is 0. The lowest BCUT2D eigenvalue weighted by Crippen LogP contribution is -2.57. The first-order valence-electron chi connectivity index (χ1n) is 19.6. The van der Waals surface area contributed by atoms with Gasteiger partial charge in [-0.3, -0.25) is 24.5 Å². The fourth-order valence-electron chi connectivity index (χ4n) is 6.98. The molecule has 1 fully saturated rings. The number of rotatable bonds is 7. The predicted molar refractivity (Wildman–Crippen MR) is 215 cm³/mol. The van der Waals surface area contributed by atoms with Crippen LogP contribution in [0.15, 0.2) is 72.8 Å². The number of anilines is 1. The van der Waals surface area contributed by atoms with E-state index in [9.17, 15) is 24.0 Å². The van der Waals surface area contributed by atoms with Crippen molar-refractivity contribution in [3.8, 4) is 5.75 Å². The fraction of sp³-hybridized carbons (Fsp3) is 0.477. The Morgan fingerprint density at radius 2 is 1.66 bits per heavy atom. The lowest BCUT2D eigenvalue weighted by molar-refractivity contribution is -0.139. The lowest BCUT2D eigenvalue weighted by Gasteiger charge is -2.34. The molecular weight excluding hydrogens is 711 g/mol. The minimum atomic E-state index is -1.25. The summed E-state index contributed by atoms with van der Waals surface area (Å²) in [6.45, 7) is 12.6. The molecule has 0 aliphatic carbocycles. The highest BCUT2D eigenvalue weighted by Gasteiger charge is 2.36. The quantitative estimate of drug-likeness (QED) is 0.232. The average molecular weight is 768 g/mol. The molecule has 3 aromatic carbocycles. The van der Waals surface area contributed by atoms with Crippen molar-refractivity contribution in [2.24, 2.45) is 5.92 Å². The highest BCUT2D eigenvalue weighted by atomic mass is 16.6. The number of nitrogens with zero attached hydrogens (tertiary/aromatic N) is 1. The van der Waals surface area contributed by atoms with Gasteiger partial charge in [0.1, 0.15) is 23.4 Å². The van der Waals surface area contributed by atoms with E-state index < -0.39 is 41.0 Å². The summed E-state index contributed by atoms with van der Waals surface area (Å²) in [5.41, 5.74) is 2.21. The van der Waals surface area contributed by atoms with E-state index >= 15 is 0 Å². The second-order valence-electron chi connectivity index (χ2n) is 16.4. The maximum absolute atomic E-state index is 14.3. The molecule has 4 N–H and O–H groups in total. The average Bonchev–Trinajstić information content (AvgIpc) is 3.15. The van der Waals surface area contributed by atoms with Gasteiger partial charge in [-0.25, -0.2) is 4.79 Å². The minimum Gasteiger partial charge on any atom is -0.494 e. The highest BCUT2D eigenvalue weighted by molar-refractivity contribution is 5.97. The maximum atomic E-state index is 14.3. The number of carbonyl (C=O) groups is 5. The van der Waals surface area contributed by atoms with Gasteiger partial charge in [0, 0.05) is 25.3 Å². The third-order valence-electron chi connectivity index (χ3n) is 10.5. The number of aryl methyl sites for hydroxylation is 2. The maximum Gasteiger partial charge on any atom is 0.412 e. The normalized spacial score (nSPS) is 20.0. The molecule has 0 saturated carbocycles. The van der Waals surface area contributed by atoms with Crippen LogP contribution in [0.25, 0.3) is 0 Å². The van der Waals surface area contributed by atoms with Crippen LogP contribution in [0.5, 0.6) is 5.75 Å². The molecule has 2 aliphatic rings. The molecule has 12 heteroatoms. The molecule has 56 heavy (non-hydrogen) atoms. The van der Waals surface area contributed by atoms with E-state index in [1.807, 2.05) is 55.5 Å². The van der Waals surface area contributed by atoms with Crippen molar-refractivity contribution >= 4 is 35.4 Å². The van der Waals surface area contributed by atoms with E-state index in [1.54, 1.807) is 63.8 Å². The molecular formula is C44H57N5O7. The number of hydrogen-bond acceptors (Lipinski definition) is 7. The van der Waals surface area contributed by atoms with Crippen molar-refractivity contribution in [3.63, 3.8) is 0 Å². The summed E-state index contributed by atoms with van der Waals surface area (Å²) in [6.07, 6.45) is 2.47. The van der Waals surface area contributed by atoms with Crippen LogP contribution in [0.1, 0.15) is 89.0 Å². The van der Waals surface area contributed by atoms with Crippen molar-refractivity contribution in [2.45, 2.75) is 110 Å². The number of fused-ring (bicyclic) bond motifs is 4. The van der Waals surface area contributed by atoms with Crippen LogP contribution >= 0.6 is 0 Å². The molecule has 300 valence electrons.